The maximum Gasteiger partial charge on any atom is 0.408 e. The summed E-state index contributed by atoms with van der Waals surface area (Å²) >= 11 is 0. The minimum atomic E-state index is -1.39. The Morgan fingerprint density at radius 1 is 1.04 bits per heavy atom. The highest BCUT2D eigenvalue weighted by atomic mass is 16.6. The van der Waals surface area contributed by atoms with Crippen molar-refractivity contribution in [2.75, 3.05) is 13.7 Å². The number of ether oxygens (including phenoxy) is 3. The van der Waals surface area contributed by atoms with Crippen molar-refractivity contribution >= 4 is 34.8 Å². The van der Waals surface area contributed by atoms with Gasteiger partial charge in [0, 0.05) is 29.5 Å². The van der Waals surface area contributed by atoms with Crippen molar-refractivity contribution in [2.24, 2.45) is 5.92 Å². The monoisotopic (exact) mass is 698 g/mol. The molecule has 12 nitrogen and oxygen atoms in total. The minimum Gasteiger partial charge on any atom is -0.497 e. The van der Waals surface area contributed by atoms with Crippen LogP contribution in [-0.4, -0.2) is 81.8 Å². The summed E-state index contributed by atoms with van der Waals surface area (Å²) in [5.74, 6) is -1.18. The number of rotatable bonds is 6. The molecular formula is C39H46N4O8. The van der Waals surface area contributed by atoms with Crippen molar-refractivity contribution in [1.29, 1.82) is 0 Å². The van der Waals surface area contributed by atoms with Crippen LogP contribution in [0.5, 0.6) is 11.5 Å². The standard InChI is InChI=1S/C39H46N4O8/c1-38(2,3)51-37(48)41-29-16-12-7-5-6-11-15-25-22-39(25,36(46)47)42-34(44)32-20-27(23-43(32)35(29)45)50-33-21-30(24-13-9-8-10-14-24)40-31-19-26(49-4)17-18-28(31)33/h5-6,8-10,13-14,17-19,21,25,27,29,32H,7,11-12,15-16,20,22-23H2,1-4H3,(H,41,48)(H,42,44)(H,46,47)/b6-5+/t25?,27-,29+,32+,39-/m1/s1. The third kappa shape index (κ3) is 8.10. The molecule has 3 aliphatic rings. The Bertz CT molecular complexity index is 1820. The number of carboxylic acids is 1. The van der Waals surface area contributed by atoms with Crippen molar-refractivity contribution in [3.05, 3.63) is 66.7 Å². The van der Waals surface area contributed by atoms with Gasteiger partial charge in [-0.1, -0.05) is 42.5 Å². The number of methoxy groups -OCH3 is 1. The number of carbonyl (C=O) groups is 4. The highest BCUT2D eigenvalue weighted by Gasteiger charge is 2.62. The number of carboxylic acid groups (broad SMARTS) is 1. The molecular weight excluding hydrogens is 652 g/mol. The molecule has 0 spiro atoms. The van der Waals surface area contributed by atoms with E-state index in [1.54, 1.807) is 27.9 Å². The number of allylic oxidation sites excluding steroid dienone is 2. The Hall–Kier alpha value is -5.13. The van der Waals surface area contributed by atoms with Crippen LogP contribution in [0.3, 0.4) is 0 Å². The van der Waals surface area contributed by atoms with Gasteiger partial charge in [0.15, 0.2) is 0 Å². The number of aliphatic carboxylic acids is 1. The number of aromatic nitrogens is 1. The lowest BCUT2D eigenvalue weighted by molar-refractivity contribution is -0.146. The Morgan fingerprint density at radius 2 is 1.80 bits per heavy atom. The van der Waals surface area contributed by atoms with Crippen molar-refractivity contribution in [1.82, 2.24) is 20.5 Å². The molecule has 1 aromatic heterocycles. The lowest BCUT2D eigenvalue weighted by Gasteiger charge is -2.30. The van der Waals surface area contributed by atoms with Crippen LogP contribution in [0.4, 0.5) is 4.79 Å². The molecule has 2 aromatic carbocycles. The lowest BCUT2D eigenvalue weighted by Crippen LogP contribution is -2.56. The zero-order chi connectivity index (χ0) is 36.3. The molecule has 0 bridgehead atoms. The fourth-order valence-electron chi connectivity index (χ4n) is 7.04. The molecule has 2 fully saturated rings. The van der Waals surface area contributed by atoms with Crippen LogP contribution >= 0.6 is 0 Å². The van der Waals surface area contributed by atoms with E-state index in [1.165, 1.54) is 4.90 Å². The third-order valence-corrected chi connectivity index (χ3v) is 9.72. The molecule has 3 amide bonds. The van der Waals surface area contributed by atoms with E-state index in [2.05, 4.69) is 10.6 Å². The third-order valence-electron chi connectivity index (χ3n) is 9.72. The first-order valence-electron chi connectivity index (χ1n) is 17.6. The van der Waals surface area contributed by atoms with Gasteiger partial charge in [-0.05, 0) is 77.3 Å². The average molecular weight is 699 g/mol. The van der Waals surface area contributed by atoms with Crippen LogP contribution < -0.4 is 20.1 Å². The first-order valence-corrected chi connectivity index (χ1v) is 17.6. The Labute approximate surface area is 297 Å². The molecule has 1 saturated heterocycles. The van der Waals surface area contributed by atoms with Gasteiger partial charge in [0.05, 0.1) is 24.9 Å². The number of nitrogens with one attached hydrogen (secondary N) is 2. The number of fused-ring (bicyclic) bond motifs is 3. The minimum absolute atomic E-state index is 0.0352. The summed E-state index contributed by atoms with van der Waals surface area (Å²) in [5, 5.41) is 16.5. The van der Waals surface area contributed by atoms with Crippen LogP contribution in [0.15, 0.2) is 66.7 Å². The van der Waals surface area contributed by atoms with Crippen molar-refractivity contribution in [2.45, 2.75) is 95.0 Å². The fourth-order valence-corrected chi connectivity index (χ4v) is 7.04. The topological polar surface area (TPSA) is 156 Å². The normalized spacial score (nSPS) is 26.1. The highest BCUT2D eigenvalue weighted by molar-refractivity contribution is 5.96. The zero-order valence-electron chi connectivity index (χ0n) is 29.5. The number of amides is 3. The second-order valence-corrected chi connectivity index (χ2v) is 14.6. The summed E-state index contributed by atoms with van der Waals surface area (Å²) in [7, 11) is 1.58. The summed E-state index contributed by atoms with van der Waals surface area (Å²) in [6.45, 7) is 5.26. The number of hydrogen-bond acceptors (Lipinski definition) is 8. The number of nitrogens with zero attached hydrogens (tertiary/aromatic N) is 2. The van der Waals surface area contributed by atoms with Crippen LogP contribution in [0, 0.1) is 5.92 Å². The maximum atomic E-state index is 14.4. The lowest BCUT2D eigenvalue weighted by atomic mass is 10.1. The van der Waals surface area contributed by atoms with Crippen LogP contribution in [0.25, 0.3) is 22.2 Å². The van der Waals surface area contributed by atoms with Gasteiger partial charge in [-0.3, -0.25) is 9.59 Å². The number of alkyl carbamates (subject to hydrolysis) is 1. The Kier molecular flexibility index (Phi) is 10.2. The first kappa shape index (κ1) is 35.7. The second-order valence-electron chi connectivity index (χ2n) is 14.6. The maximum absolute atomic E-state index is 14.4. The van der Waals surface area contributed by atoms with Crippen LogP contribution in [0.1, 0.15) is 65.7 Å². The molecule has 51 heavy (non-hydrogen) atoms. The highest BCUT2D eigenvalue weighted by Crippen LogP contribution is 2.47. The first-order chi connectivity index (χ1) is 24.4. The summed E-state index contributed by atoms with van der Waals surface area (Å²) in [4.78, 5) is 60.2. The summed E-state index contributed by atoms with van der Waals surface area (Å²) in [6.07, 6.45) is 5.96. The Balaban J connectivity index is 1.34. The predicted molar refractivity (Wildman–Crippen MR) is 190 cm³/mol. The van der Waals surface area contributed by atoms with Gasteiger partial charge in [0.25, 0.3) is 0 Å². The molecule has 1 unspecified atom stereocenters. The van der Waals surface area contributed by atoms with E-state index in [4.69, 9.17) is 19.2 Å². The molecule has 270 valence electrons. The number of pyridine rings is 1. The predicted octanol–water partition coefficient (Wildman–Crippen LogP) is 5.63. The van der Waals surface area contributed by atoms with Crippen molar-refractivity contribution < 1.29 is 38.5 Å². The summed E-state index contributed by atoms with van der Waals surface area (Å²) in [5.41, 5.74) is 0.0207. The van der Waals surface area contributed by atoms with Gasteiger partial charge >= 0.3 is 12.1 Å². The number of hydrogen-bond donors (Lipinski definition) is 3. The average Bonchev–Trinajstić information content (AvgIpc) is 3.63. The smallest absolute Gasteiger partial charge is 0.408 e. The molecule has 0 radical (unpaired) electrons. The molecule has 3 aromatic rings. The summed E-state index contributed by atoms with van der Waals surface area (Å²) in [6, 6.07) is 15.0. The fraction of sp³-hybridized carbons (Fsp3) is 0.462. The molecule has 1 saturated carbocycles. The molecule has 5 atom stereocenters. The number of benzene rings is 2. The van der Waals surface area contributed by atoms with Gasteiger partial charge in [-0.25, -0.2) is 14.6 Å². The number of carbonyl (C=O) groups excluding carboxylic acids is 3. The zero-order valence-corrected chi connectivity index (χ0v) is 29.5. The largest absolute Gasteiger partial charge is 0.497 e. The van der Waals surface area contributed by atoms with Crippen LogP contribution in [-0.2, 0) is 19.1 Å². The molecule has 1 aliphatic carbocycles. The Morgan fingerprint density at radius 3 is 2.53 bits per heavy atom. The van der Waals surface area contributed by atoms with E-state index in [1.807, 2.05) is 66.7 Å². The van der Waals surface area contributed by atoms with E-state index in [0.717, 1.165) is 10.9 Å². The van der Waals surface area contributed by atoms with Gasteiger partial charge in [0.1, 0.15) is 40.8 Å². The summed E-state index contributed by atoms with van der Waals surface area (Å²) < 4.78 is 17.6. The van der Waals surface area contributed by atoms with E-state index >= 15 is 0 Å². The van der Waals surface area contributed by atoms with E-state index in [-0.39, 0.29) is 18.9 Å². The van der Waals surface area contributed by atoms with E-state index in [9.17, 15) is 24.3 Å². The van der Waals surface area contributed by atoms with Crippen molar-refractivity contribution in [3.63, 3.8) is 0 Å². The van der Waals surface area contributed by atoms with Crippen molar-refractivity contribution in [3.8, 4) is 22.8 Å². The SMILES string of the molecule is COc1ccc2c(O[C@@H]3C[C@H]4C(=O)N[C@]5(C(=O)O)CC5CC/C=C/CCC[C@H](NC(=O)OC(C)(C)C)C(=O)N4C3)cc(-c3ccccc3)nc2c1. The second kappa shape index (κ2) is 14.6. The molecule has 3 heterocycles. The van der Waals surface area contributed by atoms with E-state index in [0.29, 0.717) is 61.2 Å². The molecule has 12 heteroatoms. The molecule has 6 rings (SSSR count). The van der Waals surface area contributed by atoms with Crippen LogP contribution in [0.2, 0.25) is 0 Å². The van der Waals surface area contributed by atoms with Gasteiger partial charge in [0.2, 0.25) is 11.8 Å². The molecule has 3 N–H and O–H groups in total. The van der Waals surface area contributed by atoms with E-state index < -0.39 is 53.2 Å². The van der Waals surface area contributed by atoms with Gasteiger partial charge in [-0.2, -0.15) is 0 Å². The van der Waals surface area contributed by atoms with Gasteiger partial charge in [-0.15, -0.1) is 0 Å². The quantitative estimate of drug-likeness (QED) is 0.278. The van der Waals surface area contributed by atoms with Gasteiger partial charge < -0.3 is 34.9 Å². The molecule has 2 aliphatic heterocycles.